The van der Waals surface area contributed by atoms with E-state index in [2.05, 4.69) is 69.4 Å². The summed E-state index contributed by atoms with van der Waals surface area (Å²) in [6, 6.07) is 0. The minimum atomic E-state index is -0.786. The van der Waals surface area contributed by atoms with Crippen molar-refractivity contribution in [3.8, 4) is 0 Å². The van der Waals surface area contributed by atoms with E-state index in [4.69, 9.17) is 14.2 Å². The topological polar surface area (TPSA) is 78.9 Å². The van der Waals surface area contributed by atoms with Crippen LogP contribution in [0.3, 0.4) is 0 Å². The van der Waals surface area contributed by atoms with Crippen LogP contribution in [0.25, 0.3) is 0 Å². The van der Waals surface area contributed by atoms with Gasteiger partial charge >= 0.3 is 17.9 Å². The number of hydrogen-bond donors (Lipinski definition) is 0. The Morgan fingerprint density at radius 3 is 0.711 bits per heavy atom. The van der Waals surface area contributed by atoms with E-state index in [1.54, 1.807) is 0 Å². The first-order valence-corrected chi connectivity index (χ1v) is 37.1. The quantitative estimate of drug-likeness (QED) is 0.0261. The van der Waals surface area contributed by atoms with E-state index in [-0.39, 0.29) is 31.1 Å². The molecule has 0 aliphatic carbocycles. The summed E-state index contributed by atoms with van der Waals surface area (Å²) in [5, 5.41) is 0. The maximum absolute atomic E-state index is 12.9. The van der Waals surface area contributed by atoms with Crippen LogP contribution in [-0.4, -0.2) is 37.2 Å². The molecule has 1 unspecified atom stereocenters. The standard InChI is InChI=1S/C77H142O6/c1-4-7-10-13-16-19-22-25-28-30-31-32-33-34-35-36-37-38-39-40-41-42-43-44-45-46-47-48-50-52-55-58-61-64-67-70-76(79)82-73-74(72-81-75(78)69-66-63-60-57-54-51-27-24-21-18-15-12-9-6-3)83-77(80)71-68-65-62-59-56-53-49-29-26-23-20-17-14-11-8-5-2/h15,18,20,23-24,27,29,49,74H,4-14,16-17,19,21-22,25-26,28,30-48,50-73H2,1-3H3/b18-15-,23-20-,27-24-,49-29-. The van der Waals surface area contributed by atoms with Crippen LogP contribution in [0.4, 0.5) is 0 Å². The average molecular weight is 1160 g/mol. The van der Waals surface area contributed by atoms with Crippen molar-refractivity contribution in [1.82, 2.24) is 0 Å². The molecule has 0 spiro atoms. The summed E-state index contributed by atoms with van der Waals surface area (Å²) in [5.41, 5.74) is 0. The Hall–Kier alpha value is -2.63. The van der Waals surface area contributed by atoms with Crippen LogP contribution in [0.2, 0.25) is 0 Å². The fourth-order valence-corrected chi connectivity index (χ4v) is 11.2. The predicted octanol–water partition coefficient (Wildman–Crippen LogP) is 25.7. The van der Waals surface area contributed by atoms with Gasteiger partial charge in [0, 0.05) is 19.3 Å². The maximum atomic E-state index is 12.9. The number of rotatable bonds is 69. The Labute approximate surface area is 518 Å². The largest absolute Gasteiger partial charge is 0.462 e. The first kappa shape index (κ1) is 80.4. The van der Waals surface area contributed by atoms with Crippen molar-refractivity contribution in [2.45, 2.75) is 412 Å². The lowest BCUT2D eigenvalue weighted by molar-refractivity contribution is -0.167. The molecule has 0 bridgehead atoms. The van der Waals surface area contributed by atoms with Gasteiger partial charge in [-0.2, -0.15) is 0 Å². The predicted molar refractivity (Wildman–Crippen MR) is 362 cm³/mol. The molecule has 486 valence electrons. The summed E-state index contributed by atoms with van der Waals surface area (Å²) in [4.78, 5) is 38.4. The molecule has 0 heterocycles. The SMILES string of the molecule is CCCC/C=C\C/C=C\CCCCCCCC(=O)OCC(COC(=O)CCCCCCCCCCCCCCCCCCCCCCCCCCCCCCCCCCCCC)OC(=O)CCCCCCC/C=C\C/C=C\CCCCCC. The van der Waals surface area contributed by atoms with E-state index in [0.717, 1.165) is 103 Å². The number of esters is 3. The smallest absolute Gasteiger partial charge is 0.306 e. The van der Waals surface area contributed by atoms with Crippen LogP contribution in [-0.2, 0) is 28.6 Å². The minimum Gasteiger partial charge on any atom is -0.462 e. The Morgan fingerprint density at radius 1 is 0.241 bits per heavy atom. The molecule has 0 saturated heterocycles. The molecule has 0 saturated carbocycles. The van der Waals surface area contributed by atoms with E-state index in [1.807, 2.05) is 0 Å². The van der Waals surface area contributed by atoms with E-state index in [1.165, 1.54) is 263 Å². The Bertz CT molecular complexity index is 1430. The zero-order valence-electron chi connectivity index (χ0n) is 56.0. The van der Waals surface area contributed by atoms with Crippen LogP contribution < -0.4 is 0 Å². The first-order valence-electron chi connectivity index (χ1n) is 37.1. The molecule has 6 heteroatoms. The second-order valence-electron chi connectivity index (χ2n) is 25.2. The number of ether oxygens (including phenoxy) is 3. The van der Waals surface area contributed by atoms with Gasteiger partial charge in [0.15, 0.2) is 6.10 Å². The van der Waals surface area contributed by atoms with Gasteiger partial charge in [0.1, 0.15) is 13.2 Å². The third kappa shape index (κ3) is 70.0. The number of hydrogen-bond acceptors (Lipinski definition) is 6. The monoisotopic (exact) mass is 1160 g/mol. The summed E-state index contributed by atoms with van der Waals surface area (Å²) in [6.07, 6.45) is 91.8. The lowest BCUT2D eigenvalue weighted by Gasteiger charge is -2.18. The van der Waals surface area contributed by atoms with Crippen LogP contribution in [0, 0.1) is 0 Å². The third-order valence-electron chi connectivity index (χ3n) is 16.8. The van der Waals surface area contributed by atoms with Crippen molar-refractivity contribution in [3.05, 3.63) is 48.6 Å². The summed E-state index contributed by atoms with van der Waals surface area (Å²) < 4.78 is 16.9. The fourth-order valence-electron chi connectivity index (χ4n) is 11.2. The highest BCUT2D eigenvalue weighted by atomic mass is 16.6. The molecule has 0 aromatic rings. The van der Waals surface area contributed by atoms with Crippen molar-refractivity contribution in [3.63, 3.8) is 0 Å². The fraction of sp³-hybridized carbons (Fsp3) is 0.857. The number of carbonyl (C=O) groups is 3. The van der Waals surface area contributed by atoms with Crippen molar-refractivity contribution in [2.24, 2.45) is 0 Å². The second-order valence-corrected chi connectivity index (χ2v) is 25.2. The number of carbonyl (C=O) groups excluding carboxylic acids is 3. The van der Waals surface area contributed by atoms with Gasteiger partial charge in [0.2, 0.25) is 0 Å². The van der Waals surface area contributed by atoms with Crippen molar-refractivity contribution in [2.75, 3.05) is 13.2 Å². The zero-order valence-corrected chi connectivity index (χ0v) is 56.0. The van der Waals surface area contributed by atoms with E-state index in [0.29, 0.717) is 19.3 Å². The lowest BCUT2D eigenvalue weighted by atomic mass is 10.0. The molecule has 6 nitrogen and oxygen atoms in total. The molecule has 0 fully saturated rings. The maximum Gasteiger partial charge on any atom is 0.306 e. The summed E-state index contributed by atoms with van der Waals surface area (Å²) in [7, 11) is 0. The Morgan fingerprint density at radius 2 is 0.446 bits per heavy atom. The molecule has 0 rings (SSSR count). The highest BCUT2D eigenvalue weighted by molar-refractivity contribution is 5.71. The van der Waals surface area contributed by atoms with Gasteiger partial charge in [-0.25, -0.2) is 0 Å². The van der Waals surface area contributed by atoms with Crippen molar-refractivity contribution >= 4 is 17.9 Å². The molecule has 0 N–H and O–H groups in total. The molecule has 83 heavy (non-hydrogen) atoms. The highest BCUT2D eigenvalue weighted by Gasteiger charge is 2.19. The van der Waals surface area contributed by atoms with E-state index in [9.17, 15) is 14.4 Å². The Kier molecular flexibility index (Phi) is 69.6. The normalized spacial score (nSPS) is 12.3. The molecule has 0 aromatic carbocycles. The molecule has 0 aliphatic rings. The summed E-state index contributed by atoms with van der Waals surface area (Å²) in [6.45, 7) is 6.62. The van der Waals surface area contributed by atoms with Gasteiger partial charge in [0.25, 0.3) is 0 Å². The van der Waals surface area contributed by atoms with Gasteiger partial charge in [-0.15, -0.1) is 0 Å². The molecule has 0 aromatic heterocycles. The molecule has 0 aliphatic heterocycles. The second kappa shape index (κ2) is 71.8. The van der Waals surface area contributed by atoms with Crippen LogP contribution >= 0.6 is 0 Å². The van der Waals surface area contributed by atoms with Crippen LogP contribution in [0.15, 0.2) is 48.6 Å². The number of unbranched alkanes of at least 4 members (excludes halogenated alkanes) is 50. The minimum absolute atomic E-state index is 0.0800. The molecule has 0 amide bonds. The molecule has 0 radical (unpaired) electrons. The van der Waals surface area contributed by atoms with Crippen LogP contribution in [0.5, 0.6) is 0 Å². The van der Waals surface area contributed by atoms with Gasteiger partial charge in [-0.1, -0.05) is 358 Å². The van der Waals surface area contributed by atoms with E-state index >= 15 is 0 Å². The average Bonchev–Trinajstić information content (AvgIpc) is 3.49. The van der Waals surface area contributed by atoms with Gasteiger partial charge in [-0.3, -0.25) is 14.4 Å². The van der Waals surface area contributed by atoms with Gasteiger partial charge < -0.3 is 14.2 Å². The Balaban J connectivity index is 4.08. The van der Waals surface area contributed by atoms with Crippen molar-refractivity contribution < 1.29 is 28.6 Å². The molecular formula is C77H142O6. The highest BCUT2D eigenvalue weighted by Crippen LogP contribution is 2.19. The third-order valence-corrected chi connectivity index (χ3v) is 16.8. The molecule has 1 atom stereocenters. The summed E-state index contributed by atoms with van der Waals surface area (Å²) >= 11 is 0. The van der Waals surface area contributed by atoms with Crippen LogP contribution in [0.1, 0.15) is 406 Å². The summed E-state index contributed by atoms with van der Waals surface area (Å²) in [5.74, 6) is -0.885. The number of allylic oxidation sites excluding steroid dienone is 8. The first-order chi connectivity index (χ1) is 41.0. The van der Waals surface area contributed by atoms with Gasteiger partial charge in [0.05, 0.1) is 0 Å². The molecular weight excluding hydrogens is 1020 g/mol. The van der Waals surface area contributed by atoms with Gasteiger partial charge in [-0.05, 0) is 77.0 Å². The lowest BCUT2D eigenvalue weighted by Crippen LogP contribution is -2.30. The zero-order chi connectivity index (χ0) is 59.9. The van der Waals surface area contributed by atoms with E-state index < -0.39 is 6.10 Å². The van der Waals surface area contributed by atoms with Crippen molar-refractivity contribution in [1.29, 1.82) is 0 Å².